The molecule has 0 spiro atoms. The predicted molar refractivity (Wildman–Crippen MR) is 96.3 cm³/mol. The third kappa shape index (κ3) is 8.19. The molecule has 28 heavy (non-hydrogen) atoms. The lowest BCUT2D eigenvalue weighted by molar-refractivity contribution is -0.227. The van der Waals surface area contributed by atoms with Crippen molar-refractivity contribution in [2.75, 3.05) is 6.61 Å². The molecule has 1 aliphatic rings. The normalized spacial score (nSPS) is 19.6. The number of rotatable bonds is 8. The highest BCUT2D eigenvalue weighted by Gasteiger charge is 2.51. The Hall–Kier alpha value is -1.60. The summed E-state index contributed by atoms with van der Waals surface area (Å²) >= 11 is 0. The van der Waals surface area contributed by atoms with Gasteiger partial charge in [-0.15, -0.1) is 0 Å². The van der Waals surface area contributed by atoms with Crippen molar-refractivity contribution >= 4 is 11.9 Å². The summed E-state index contributed by atoms with van der Waals surface area (Å²) in [6.45, 7) is 4.84. The number of hydrogen-bond donors (Lipinski definition) is 0. The fraction of sp³-hybridized carbons (Fsp3) is 0.800. The second-order valence-electron chi connectivity index (χ2n) is 7.71. The van der Waals surface area contributed by atoms with E-state index in [4.69, 9.17) is 9.47 Å². The molecule has 0 amide bonds. The van der Waals surface area contributed by atoms with E-state index in [0.29, 0.717) is 19.8 Å². The third-order valence-electron chi connectivity index (χ3n) is 5.00. The molecule has 0 heterocycles. The van der Waals surface area contributed by atoms with Gasteiger partial charge in [-0.05, 0) is 39.5 Å². The van der Waals surface area contributed by atoms with Crippen molar-refractivity contribution < 1.29 is 36.6 Å². The zero-order chi connectivity index (χ0) is 21.4. The van der Waals surface area contributed by atoms with Crippen LogP contribution in [0.25, 0.3) is 0 Å². The molecule has 1 saturated carbocycles. The van der Waals surface area contributed by atoms with Gasteiger partial charge in [-0.3, -0.25) is 4.79 Å². The highest BCUT2D eigenvalue weighted by atomic mass is 19.4. The highest BCUT2D eigenvalue weighted by molar-refractivity contribution is 5.86. The van der Waals surface area contributed by atoms with Gasteiger partial charge in [-0.25, -0.2) is 9.18 Å². The van der Waals surface area contributed by atoms with E-state index in [1.807, 2.05) is 0 Å². The fourth-order valence-corrected chi connectivity index (χ4v) is 2.99. The van der Waals surface area contributed by atoms with Crippen LogP contribution in [0, 0.1) is 5.92 Å². The van der Waals surface area contributed by atoms with Crippen molar-refractivity contribution in [1.82, 2.24) is 0 Å². The van der Waals surface area contributed by atoms with Crippen molar-refractivity contribution in [1.29, 1.82) is 0 Å². The van der Waals surface area contributed by atoms with E-state index in [9.17, 15) is 27.2 Å². The van der Waals surface area contributed by atoms with Crippen LogP contribution in [-0.4, -0.2) is 36.5 Å². The molecule has 0 N–H and O–H groups in total. The molecule has 1 aliphatic carbocycles. The second kappa shape index (κ2) is 10.8. The lowest BCUT2D eigenvalue weighted by Gasteiger charge is -2.27. The first kappa shape index (κ1) is 24.4. The first-order valence-electron chi connectivity index (χ1n) is 9.73. The van der Waals surface area contributed by atoms with Crippen molar-refractivity contribution in [3.05, 3.63) is 12.2 Å². The summed E-state index contributed by atoms with van der Waals surface area (Å²) in [4.78, 5) is 24.0. The molecule has 0 radical (unpaired) electrons. The van der Waals surface area contributed by atoms with Gasteiger partial charge in [0.1, 0.15) is 12.7 Å². The molecule has 162 valence electrons. The van der Waals surface area contributed by atoms with E-state index in [2.05, 4.69) is 6.58 Å². The molecule has 0 aromatic carbocycles. The van der Waals surface area contributed by atoms with E-state index < -0.39 is 49.3 Å². The van der Waals surface area contributed by atoms with Gasteiger partial charge < -0.3 is 9.47 Å². The predicted octanol–water partition coefficient (Wildman–Crippen LogP) is 5.45. The quantitative estimate of drug-likeness (QED) is 0.303. The molecule has 0 aliphatic heterocycles. The van der Waals surface area contributed by atoms with Crippen LogP contribution in [0.2, 0.25) is 0 Å². The number of esters is 2. The molecule has 2 atom stereocenters. The molecule has 0 bridgehead atoms. The summed E-state index contributed by atoms with van der Waals surface area (Å²) in [7, 11) is 0. The van der Waals surface area contributed by atoms with Gasteiger partial charge >= 0.3 is 18.1 Å². The minimum absolute atomic E-state index is 0.107. The van der Waals surface area contributed by atoms with Gasteiger partial charge in [0.25, 0.3) is 0 Å². The van der Waals surface area contributed by atoms with E-state index >= 15 is 0 Å². The van der Waals surface area contributed by atoms with Gasteiger partial charge in [-0.2, -0.15) is 13.2 Å². The topological polar surface area (TPSA) is 52.6 Å². The Morgan fingerprint density at radius 3 is 2.11 bits per heavy atom. The van der Waals surface area contributed by atoms with E-state index in [-0.39, 0.29) is 11.5 Å². The van der Waals surface area contributed by atoms with Crippen LogP contribution in [0.3, 0.4) is 0 Å². The molecular weight excluding hydrogens is 380 g/mol. The van der Waals surface area contributed by atoms with Crippen LogP contribution in [0.15, 0.2) is 12.2 Å². The Morgan fingerprint density at radius 1 is 1.07 bits per heavy atom. The maximum Gasteiger partial charge on any atom is 0.422 e. The summed E-state index contributed by atoms with van der Waals surface area (Å²) in [6.07, 6.45) is -1.25. The van der Waals surface area contributed by atoms with Crippen LogP contribution in [0.1, 0.15) is 71.6 Å². The minimum Gasteiger partial charge on any atom is -0.459 e. The smallest absolute Gasteiger partial charge is 0.422 e. The van der Waals surface area contributed by atoms with Crippen LogP contribution in [-0.2, 0) is 19.1 Å². The SMILES string of the molecule is C=C(C)C(=O)OCC(CCC(C)(F)C(F)(F)F)OC(=O)C1CCCCCCC1. The van der Waals surface area contributed by atoms with E-state index in [1.165, 1.54) is 6.92 Å². The number of hydrogen-bond acceptors (Lipinski definition) is 4. The average molecular weight is 410 g/mol. The van der Waals surface area contributed by atoms with Gasteiger partial charge in [0.2, 0.25) is 5.67 Å². The molecule has 1 fully saturated rings. The van der Waals surface area contributed by atoms with Crippen LogP contribution < -0.4 is 0 Å². The van der Waals surface area contributed by atoms with Gasteiger partial charge in [0.15, 0.2) is 0 Å². The Balaban J connectivity index is 2.73. The Labute approximate surface area is 163 Å². The summed E-state index contributed by atoms with van der Waals surface area (Å²) in [6, 6.07) is 0. The summed E-state index contributed by atoms with van der Waals surface area (Å²) in [5.41, 5.74) is -3.31. The molecule has 2 unspecified atom stereocenters. The lowest BCUT2D eigenvalue weighted by Crippen LogP contribution is -2.39. The number of alkyl halides is 4. The van der Waals surface area contributed by atoms with E-state index in [1.54, 1.807) is 0 Å². The van der Waals surface area contributed by atoms with Gasteiger partial charge in [0, 0.05) is 5.57 Å². The Bertz CT molecular complexity index is 535. The average Bonchev–Trinajstić information content (AvgIpc) is 2.55. The van der Waals surface area contributed by atoms with Crippen LogP contribution in [0.5, 0.6) is 0 Å². The number of ether oxygens (including phenoxy) is 2. The van der Waals surface area contributed by atoms with Crippen molar-refractivity contribution in [3.8, 4) is 0 Å². The fourth-order valence-electron chi connectivity index (χ4n) is 2.99. The number of carbonyl (C=O) groups is 2. The first-order chi connectivity index (χ1) is 12.9. The second-order valence-corrected chi connectivity index (χ2v) is 7.71. The van der Waals surface area contributed by atoms with Crippen molar-refractivity contribution in [2.24, 2.45) is 5.92 Å². The molecule has 8 heteroatoms. The molecular formula is C20H30F4O4. The molecule has 4 nitrogen and oxygen atoms in total. The Morgan fingerprint density at radius 2 is 1.61 bits per heavy atom. The summed E-state index contributed by atoms with van der Waals surface area (Å²) in [5, 5.41) is 0. The van der Waals surface area contributed by atoms with Crippen LogP contribution >= 0.6 is 0 Å². The van der Waals surface area contributed by atoms with E-state index in [0.717, 1.165) is 32.1 Å². The maximum absolute atomic E-state index is 13.9. The number of carbonyl (C=O) groups excluding carboxylic acids is 2. The zero-order valence-corrected chi connectivity index (χ0v) is 16.6. The van der Waals surface area contributed by atoms with Crippen molar-refractivity contribution in [3.63, 3.8) is 0 Å². The molecule has 0 aromatic heterocycles. The molecule has 0 aromatic rings. The molecule has 1 rings (SSSR count). The zero-order valence-electron chi connectivity index (χ0n) is 16.6. The first-order valence-corrected chi connectivity index (χ1v) is 9.73. The lowest BCUT2D eigenvalue weighted by atomic mass is 9.91. The summed E-state index contributed by atoms with van der Waals surface area (Å²) < 4.78 is 62.4. The van der Waals surface area contributed by atoms with Gasteiger partial charge in [0.05, 0.1) is 5.92 Å². The Kier molecular flexibility index (Phi) is 9.44. The minimum atomic E-state index is -5.03. The monoisotopic (exact) mass is 410 g/mol. The third-order valence-corrected chi connectivity index (χ3v) is 5.00. The van der Waals surface area contributed by atoms with Crippen LogP contribution in [0.4, 0.5) is 17.6 Å². The highest BCUT2D eigenvalue weighted by Crippen LogP contribution is 2.37. The summed E-state index contributed by atoms with van der Waals surface area (Å²) in [5.74, 6) is -1.60. The largest absolute Gasteiger partial charge is 0.459 e. The molecule has 0 saturated heterocycles. The number of halogens is 4. The van der Waals surface area contributed by atoms with Crippen molar-refractivity contribution in [2.45, 2.75) is 89.6 Å². The maximum atomic E-state index is 13.9. The van der Waals surface area contributed by atoms with Gasteiger partial charge in [-0.1, -0.05) is 38.7 Å². The standard InChI is InChI=1S/C20H30F4O4/c1-14(2)17(25)27-13-16(11-12-19(3,21)20(22,23)24)28-18(26)15-9-7-5-4-6-8-10-15/h15-16H,1,4-13H2,2-3H3.